The first kappa shape index (κ1) is 13.0. The van der Waals surface area contributed by atoms with Gasteiger partial charge in [-0.15, -0.1) is 0 Å². The van der Waals surface area contributed by atoms with E-state index in [4.69, 9.17) is 11.6 Å². The van der Waals surface area contributed by atoms with Crippen LogP contribution in [0.25, 0.3) is 0 Å². The van der Waals surface area contributed by atoms with Crippen molar-refractivity contribution in [2.24, 2.45) is 0 Å². The molecule has 0 fully saturated rings. The Morgan fingerprint density at radius 1 is 1.16 bits per heavy atom. The summed E-state index contributed by atoms with van der Waals surface area (Å²) in [6.07, 6.45) is 0.921. The summed E-state index contributed by atoms with van der Waals surface area (Å²) in [7, 11) is 0. The van der Waals surface area contributed by atoms with Crippen molar-refractivity contribution in [3.63, 3.8) is 0 Å². The fraction of sp³-hybridized carbons (Fsp3) is 0.250. The molecular weight excluding hydrogens is 276 g/mol. The van der Waals surface area contributed by atoms with E-state index in [9.17, 15) is 5.11 Å². The zero-order valence-corrected chi connectivity index (χ0v) is 12.3. The van der Waals surface area contributed by atoms with Crippen molar-refractivity contribution in [3.05, 3.63) is 58.1 Å². The molecule has 1 aliphatic rings. The van der Waals surface area contributed by atoms with Crippen LogP contribution in [0.5, 0.6) is 0 Å². The second-order valence-electron chi connectivity index (χ2n) is 4.98. The Balaban J connectivity index is 1.98. The maximum absolute atomic E-state index is 9.26. The first-order valence-corrected chi connectivity index (χ1v) is 7.57. The van der Waals surface area contributed by atoms with E-state index in [1.807, 2.05) is 13.0 Å². The molecule has 0 aromatic heterocycles. The minimum Gasteiger partial charge on any atom is -0.396 e. The molecule has 1 heterocycles. The van der Waals surface area contributed by atoms with Crippen molar-refractivity contribution in [3.8, 4) is 0 Å². The zero-order chi connectivity index (χ0) is 13.4. The van der Waals surface area contributed by atoms with Crippen LogP contribution in [0, 0.1) is 0 Å². The van der Waals surface area contributed by atoms with E-state index in [1.165, 1.54) is 26.5 Å². The van der Waals surface area contributed by atoms with Crippen molar-refractivity contribution in [1.82, 2.24) is 0 Å². The summed E-state index contributed by atoms with van der Waals surface area (Å²) in [6, 6.07) is 12.6. The Bertz CT molecular complexity index is 624. The van der Waals surface area contributed by atoms with Gasteiger partial charge in [0, 0.05) is 27.3 Å². The average Bonchev–Trinajstić information content (AvgIpc) is 2.43. The molecule has 0 saturated heterocycles. The van der Waals surface area contributed by atoms with E-state index in [0.29, 0.717) is 0 Å². The Kier molecular flexibility index (Phi) is 3.57. The van der Waals surface area contributed by atoms with E-state index in [-0.39, 0.29) is 12.5 Å². The molecule has 1 nitrogen and oxygen atoms in total. The molecule has 19 heavy (non-hydrogen) atoms. The van der Waals surface area contributed by atoms with Gasteiger partial charge in [-0.05, 0) is 47.4 Å². The summed E-state index contributed by atoms with van der Waals surface area (Å²) in [5, 5.41) is 10.1. The first-order valence-electron chi connectivity index (χ1n) is 6.37. The fourth-order valence-corrected chi connectivity index (χ4v) is 3.59. The molecular formula is C16H15ClOS. The molecule has 1 unspecified atom stereocenters. The van der Waals surface area contributed by atoms with Crippen molar-refractivity contribution in [2.75, 3.05) is 6.61 Å². The molecule has 1 aliphatic heterocycles. The maximum atomic E-state index is 9.26. The number of aliphatic hydroxyl groups excluding tert-OH is 1. The largest absolute Gasteiger partial charge is 0.396 e. The molecule has 0 amide bonds. The Labute approximate surface area is 122 Å². The van der Waals surface area contributed by atoms with Crippen LogP contribution in [0.2, 0.25) is 5.02 Å². The van der Waals surface area contributed by atoms with E-state index < -0.39 is 0 Å². The molecule has 2 aromatic carbocycles. The Hall–Kier alpha value is -0.960. The molecule has 1 atom stereocenters. The number of hydrogen-bond acceptors (Lipinski definition) is 2. The van der Waals surface area contributed by atoms with Gasteiger partial charge in [-0.25, -0.2) is 0 Å². The van der Waals surface area contributed by atoms with Crippen LogP contribution in [0.15, 0.2) is 46.2 Å². The zero-order valence-electron chi connectivity index (χ0n) is 10.7. The summed E-state index contributed by atoms with van der Waals surface area (Å²) < 4.78 is 0. The highest BCUT2D eigenvalue weighted by atomic mass is 35.5. The maximum Gasteiger partial charge on any atom is 0.0497 e. The number of aliphatic hydroxyl groups is 1. The van der Waals surface area contributed by atoms with Crippen LogP contribution in [0.3, 0.4) is 0 Å². The summed E-state index contributed by atoms with van der Waals surface area (Å²) in [4.78, 5) is 2.60. The fourth-order valence-electron chi connectivity index (χ4n) is 2.36. The van der Waals surface area contributed by atoms with Crippen LogP contribution in [-0.2, 0) is 6.42 Å². The van der Waals surface area contributed by atoms with Gasteiger partial charge in [0.2, 0.25) is 0 Å². The first-order chi connectivity index (χ1) is 9.17. The second-order valence-corrected chi connectivity index (χ2v) is 6.50. The van der Waals surface area contributed by atoms with E-state index in [2.05, 4.69) is 30.3 Å². The summed E-state index contributed by atoms with van der Waals surface area (Å²) in [6.45, 7) is 2.23. The van der Waals surface area contributed by atoms with Gasteiger partial charge < -0.3 is 5.11 Å². The normalized spacial score (nSPS) is 14.7. The molecule has 0 saturated carbocycles. The monoisotopic (exact) mass is 290 g/mol. The summed E-state index contributed by atoms with van der Waals surface area (Å²) in [5.74, 6) is 0.191. The number of rotatable bonds is 2. The minimum absolute atomic E-state index is 0.189. The van der Waals surface area contributed by atoms with Crippen LogP contribution in [0.1, 0.15) is 29.5 Å². The SMILES string of the molecule is CC(CO)c1ccc2c(c1)Cc1cc(Cl)ccc1S2. The highest BCUT2D eigenvalue weighted by molar-refractivity contribution is 7.99. The smallest absolute Gasteiger partial charge is 0.0497 e. The third-order valence-corrected chi connectivity index (χ3v) is 5.02. The van der Waals surface area contributed by atoms with Crippen molar-refractivity contribution < 1.29 is 5.11 Å². The Morgan fingerprint density at radius 2 is 1.84 bits per heavy atom. The number of halogens is 1. The third kappa shape index (κ3) is 2.53. The van der Waals surface area contributed by atoms with Crippen LogP contribution >= 0.6 is 23.4 Å². The van der Waals surface area contributed by atoms with Crippen LogP contribution in [-0.4, -0.2) is 11.7 Å². The quantitative estimate of drug-likeness (QED) is 0.750. The van der Waals surface area contributed by atoms with Gasteiger partial charge in [0.25, 0.3) is 0 Å². The lowest BCUT2D eigenvalue weighted by Gasteiger charge is -2.21. The highest BCUT2D eigenvalue weighted by Gasteiger charge is 2.17. The highest BCUT2D eigenvalue weighted by Crippen LogP contribution is 2.41. The molecule has 0 spiro atoms. The van der Waals surface area contributed by atoms with Crippen LogP contribution in [0.4, 0.5) is 0 Å². The molecule has 0 radical (unpaired) electrons. The third-order valence-electron chi connectivity index (χ3n) is 3.55. The number of benzene rings is 2. The molecule has 3 heteroatoms. The van der Waals surface area contributed by atoms with Crippen molar-refractivity contribution >= 4 is 23.4 Å². The van der Waals surface area contributed by atoms with Crippen molar-refractivity contribution in [2.45, 2.75) is 29.1 Å². The predicted molar refractivity (Wildman–Crippen MR) is 80.3 cm³/mol. The number of fused-ring (bicyclic) bond motifs is 2. The van der Waals surface area contributed by atoms with Gasteiger partial charge in [0.15, 0.2) is 0 Å². The second kappa shape index (κ2) is 5.20. The molecule has 2 aromatic rings. The topological polar surface area (TPSA) is 20.2 Å². The van der Waals surface area contributed by atoms with Gasteiger partial charge >= 0.3 is 0 Å². The number of hydrogen-bond donors (Lipinski definition) is 1. The molecule has 1 N–H and O–H groups in total. The van der Waals surface area contributed by atoms with Crippen molar-refractivity contribution in [1.29, 1.82) is 0 Å². The van der Waals surface area contributed by atoms with Gasteiger partial charge in [0.05, 0.1) is 0 Å². The van der Waals surface area contributed by atoms with E-state index in [0.717, 1.165) is 11.4 Å². The summed E-state index contributed by atoms with van der Waals surface area (Å²) in [5.41, 5.74) is 3.82. The summed E-state index contributed by atoms with van der Waals surface area (Å²) >= 11 is 7.86. The van der Waals surface area contributed by atoms with Gasteiger partial charge in [-0.2, -0.15) is 0 Å². The lowest BCUT2D eigenvalue weighted by Crippen LogP contribution is -2.04. The molecule has 0 aliphatic carbocycles. The minimum atomic E-state index is 0.189. The predicted octanol–water partition coefficient (Wildman–Crippen LogP) is 4.49. The molecule has 3 rings (SSSR count). The molecule has 98 valence electrons. The Morgan fingerprint density at radius 3 is 2.58 bits per heavy atom. The average molecular weight is 291 g/mol. The lowest BCUT2D eigenvalue weighted by molar-refractivity contribution is 0.273. The van der Waals surface area contributed by atoms with E-state index >= 15 is 0 Å². The van der Waals surface area contributed by atoms with E-state index in [1.54, 1.807) is 11.8 Å². The van der Waals surface area contributed by atoms with Gasteiger partial charge in [-0.1, -0.05) is 42.4 Å². The van der Waals surface area contributed by atoms with Gasteiger partial charge in [0.1, 0.15) is 0 Å². The standard InChI is InChI=1S/C16H15ClOS/c1-10(9-18)11-2-4-15-12(6-11)7-13-8-14(17)3-5-16(13)19-15/h2-6,8,10,18H,7,9H2,1H3. The molecule has 0 bridgehead atoms. The van der Waals surface area contributed by atoms with Gasteiger partial charge in [-0.3, -0.25) is 0 Å². The lowest BCUT2D eigenvalue weighted by atomic mass is 9.96. The van der Waals surface area contributed by atoms with Crippen LogP contribution < -0.4 is 0 Å².